The molecule has 2 heterocycles. The molecule has 1 aromatic heterocycles. The molecule has 1 aliphatic rings. The number of nitrogens with one attached hydrogen (secondary N) is 4. The Labute approximate surface area is 289 Å². The lowest BCUT2D eigenvalue weighted by Crippen LogP contribution is -2.61. The number of phosphoric acid groups is 1. The molecule has 2 rings (SSSR count). The fraction of sp³-hybridized carbons (Fsp3) is 0.690. The molecule has 0 bridgehead atoms. The Morgan fingerprint density at radius 3 is 2.20 bits per heavy atom. The normalized spacial score (nSPS) is 17.7. The predicted molar refractivity (Wildman–Crippen MR) is 176 cm³/mol. The molecular weight excluding hydrogens is 681 g/mol. The quantitative estimate of drug-likeness (QED) is 0.0596. The van der Waals surface area contributed by atoms with Crippen molar-refractivity contribution in [1.82, 2.24) is 35.7 Å². The molecule has 0 saturated carbocycles. The van der Waals surface area contributed by atoms with Gasteiger partial charge in [0.1, 0.15) is 30.2 Å². The van der Waals surface area contributed by atoms with Gasteiger partial charge in [-0.2, -0.15) is 0 Å². The van der Waals surface area contributed by atoms with Crippen molar-refractivity contribution in [3.8, 4) is 0 Å². The molecule has 50 heavy (non-hydrogen) atoms. The lowest BCUT2D eigenvalue weighted by atomic mass is 10.0. The average Bonchev–Trinajstić information content (AvgIpc) is 3.69. The summed E-state index contributed by atoms with van der Waals surface area (Å²) in [5.74, 6) is -4.92. The molecular formula is C29H50N9O11P. The Hall–Kier alpha value is -3.94. The fourth-order valence-corrected chi connectivity index (χ4v) is 6.03. The molecule has 0 spiro atoms. The Morgan fingerprint density at radius 1 is 1.02 bits per heavy atom. The number of phosphoric ester groups is 1. The summed E-state index contributed by atoms with van der Waals surface area (Å²) in [7, 11) is -5.09. The Kier molecular flexibility index (Phi) is 16.4. The number of aliphatic hydroxyl groups is 1. The van der Waals surface area contributed by atoms with Crippen molar-refractivity contribution in [2.75, 3.05) is 19.7 Å². The highest BCUT2D eigenvalue weighted by molar-refractivity contribution is 7.46. The van der Waals surface area contributed by atoms with E-state index in [0.29, 0.717) is 44.6 Å². The number of aliphatic hydroxyl groups excluding tert-OH is 1. The molecule has 1 fully saturated rings. The molecule has 21 heteroatoms. The summed E-state index contributed by atoms with van der Waals surface area (Å²) in [6.07, 6.45) is 3.03. The number of rotatable bonds is 20. The number of aromatic nitrogens is 2. The third-order valence-corrected chi connectivity index (χ3v) is 8.55. The van der Waals surface area contributed by atoms with E-state index in [1.807, 2.05) is 13.8 Å². The molecule has 282 valence electrons. The highest BCUT2D eigenvalue weighted by Gasteiger charge is 2.37. The van der Waals surface area contributed by atoms with Crippen LogP contribution in [0, 0.1) is 5.92 Å². The van der Waals surface area contributed by atoms with Gasteiger partial charge in [0, 0.05) is 38.3 Å². The topological polar surface area (TPSA) is 311 Å². The smallest absolute Gasteiger partial charge is 0.394 e. The number of hydrogen-bond donors (Lipinski definition) is 9. The molecule has 1 aliphatic heterocycles. The Balaban J connectivity index is 2.34. The number of nitrogens with two attached hydrogens (primary N) is 2. The average molecular weight is 732 g/mol. The van der Waals surface area contributed by atoms with Gasteiger partial charge in [-0.05, 0) is 45.1 Å². The molecule has 1 aromatic rings. The second-order valence-corrected chi connectivity index (χ2v) is 13.7. The van der Waals surface area contributed by atoms with Crippen LogP contribution < -0.4 is 32.7 Å². The number of imidazole rings is 1. The summed E-state index contributed by atoms with van der Waals surface area (Å²) in [5.41, 5.74) is 11.4. The van der Waals surface area contributed by atoms with Crippen molar-refractivity contribution >= 4 is 43.3 Å². The minimum atomic E-state index is -5.09. The van der Waals surface area contributed by atoms with Crippen molar-refractivity contribution < 1.29 is 52.7 Å². The zero-order valence-electron chi connectivity index (χ0n) is 28.6. The number of carbonyl (C=O) groups excluding carboxylic acids is 6. The first-order valence-electron chi connectivity index (χ1n) is 16.2. The van der Waals surface area contributed by atoms with E-state index in [0.717, 1.165) is 6.92 Å². The maximum atomic E-state index is 13.8. The standard InChI is InChI=1S/C29H50N9O11P/c1-16(2)11-20(34-29(45)23-7-5-10-38(23)18(4)40)26(42)33-21(12-19-13-32-15-37(19)9-6-8-30)27(43)35-22(14-39)28(44)36-24(25(31)41)17(3)49-50(46,47)48/h13,15-17,20-24,39H,5-12,14,30H2,1-4H3,(H2,31,41)(H,33,42)(H,34,45)(H,35,43)(H,36,44)(H2,46,47,48)/t17-,20+,21+,22+,23+,24+/m1/s1. The second kappa shape index (κ2) is 19.5. The highest BCUT2D eigenvalue weighted by Crippen LogP contribution is 2.38. The number of amides is 6. The van der Waals surface area contributed by atoms with Crippen LogP contribution >= 0.6 is 7.82 Å². The van der Waals surface area contributed by atoms with Crippen LogP contribution in [0.15, 0.2) is 12.5 Å². The van der Waals surface area contributed by atoms with Gasteiger partial charge in [-0.25, -0.2) is 9.55 Å². The minimum absolute atomic E-state index is 0.0823. The molecule has 0 unspecified atom stereocenters. The van der Waals surface area contributed by atoms with E-state index in [1.165, 1.54) is 24.3 Å². The maximum Gasteiger partial charge on any atom is 0.469 e. The van der Waals surface area contributed by atoms with E-state index in [9.17, 15) is 38.4 Å². The molecule has 20 nitrogen and oxygen atoms in total. The second-order valence-electron chi connectivity index (χ2n) is 12.5. The van der Waals surface area contributed by atoms with Crippen molar-refractivity contribution in [3.05, 3.63) is 18.2 Å². The molecule has 11 N–H and O–H groups in total. The van der Waals surface area contributed by atoms with Gasteiger partial charge < -0.3 is 57.1 Å². The lowest BCUT2D eigenvalue weighted by Gasteiger charge is -2.28. The SMILES string of the molecule is CC(=O)N1CCC[C@H]1C(=O)N[C@@H](CC(C)C)C(=O)N[C@@H](Cc1cncn1CCCN)C(=O)N[C@@H](CO)C(=O)N[C@H](C(N)=O)[C@@H](C)OP(=O)(O)O. The van der Waals surface area contributed by atoms with Gasteiger partial charge in [0.25, 0.3) is 0 Å². The minimum Gasteiger partial charge on any atom is -0.394 e. The lowest BCUT2D eigenvalue weighted by molar-refractivity contribution is -0.139. The van der Waals surface area contributed by atoms with Gasteiger partial charge in [-0.3, -0.25) is 33.3 Å². The number of nitrogens with zero attached hydrogens (tertiary/aromatic N) is 3. The molecule has 6 amide bonds. The van der Waals surface area contributed by atoms with E-state index < -0.39 is 80.3 Å². The van der Waals surface area contributed by atoms with E-state index in [4.69, 9.17) is 21.3 Å². The number of hydrogen-bond acceptors (Lipinski definition) is 11. The van der Waals surface area contributed by atoms with Crippen LogP contribution in [0.4, 0.5) is 0 Å². The molecule has 0 radical (unpaired) electrons. The van der Waals surface area contributed by atoms with E-state index >= 15 is 0 Å². The van der Waals surface area contributed by atoms with Gasteiger partial charge in [-0.1, -0.05) is 13.8 Å². The van der Waals surface area contributed by atoms with Crippen LogP contribution in [0.1, 0.15) is 59.1 Å². The molecule has 6 atom stereocenters. The van der Waals surface area contributed by atoms with E-state index in [1.54, 1.807) is 4.57 Å². The van der Waals surface area contributed by atoms with Gasteiger partial charge in [0.15, 0.2) is 0 Å². The highest BCUT2D eigenvalue weighted by atomic mass is 31.2. The predicted octanol–water partition coefficient (Wildman–Crippen LogP) is -3.25. The first-order chi connectivity index (χ1) is 23.4. The summed E-state index contributed by atoms with van der Waals surface area (Å²) >= 11 is 0. The number of carbonyl (C=O) groups is 6. The van der Waals surface area contributed by atoms with Crippen LogP contribution in [-0.2, 0) is 50.8 Å². The van der Waals surface area contributed by atoms with Crippen LogP contribution in [0.2, 0.25) is 0 Å². The van der Waals surface area contributed by atoms with Crippen LogP contribution in [0.25, 0.3) is 0 Å². The molecule has 1 saturated heterocycles. The van der Waals surface area contributed by atoms with Crippen LogP contribution in [0.5, 0.6) is 0 Å². The number of likely N-dealkylation sites (tertiary alicyclic amines) is 1. The monoisotopic (exact) mass is 731 g/mol. The zero-order valence-corrected chi connectivity index (χ0v) is 29.5. The van der Waals surface area contributed by atoms with Gasteiger partial charge in [-0.15, -0.1) is 0 Å². The summed E-state index contributed by atoms with van der Waals surface area (Å²) in [6, 6.07) is -6.76. The first kappa shape index (κ1) is 42.2. The van der Waals surface area contributed by atoms with Crippen molar-refractivity contribution in [2.24, 2.45) is 17.4 Å². The van der Waals surface area contributed by atoms with Crippen LogP contribution in [0.3, 0.4) is 0 Å². The summed E-state index contributed by atoms with van der Waals surface area (Å²) in [6.45, 7) is 6.32. The summed E-state index contributed by atoms with van der Waals surface area (Å²) < 4.78 is 17.4. The van der Waals surface area contributed by atoms with Gasteiger partial charge in [0.05, 0.1) is 19.0 Å². The van der Waals surface area contributed by atoms with Crippen molar-refractivity contribution in [1.29, 1.82) is 0 Å². The largest absolute Gasteiger partial charge is 0.469 e. The third-order valence-electron chi connectivity index (χ3n) is 7.94. The maximum absolute atomic E-state index is 13.8. The third kappa shape index (κ3) is 13.1. The van der Waals surface area contributed by atoms with Crippen molar-refractivity contribution in [2.45, 2.75) is 103 Å². The fourth-order valence-electron chi connectivity index (χ4n) is 5.48. The molecule has 0 aromatic carbocycles. The zero-order chi connectivity index (χ0) is 37.8. The Morgan fingerprint density at radius 2 is 1.64 bits per heavy atom. The van der Waals surface area contributed by atoms with Gasteiger partial charge in [0.2, 0.25) is 35.4 Å². The number of primary amides is 1. The first-order valence-corrected chi connectivity index (χ1v) is 17.7. The molecule has 0 aliphatic carbocycles. The van der Waals surface area contributed by atoms with Crippen molar-refractivity contribution in [3.63, 3.8) is 0 Å². The number of aryl methyl sites for hydroxylation is 1. The summed E-state index contributed by atoms with van der Waals surface area (Å²) in [4.78, 5) is 102. The van der Waals surface area contributed by atoms with E-state index in [-0.39, 0.29) is 24.7 Å². The summed E-state index contributed by atoms with van der Waals surface area (Å²) in [5, 5.41) is 19.8. The van der Waals surface area contributed by atoms with Crippen LogP contribution in [-0.4, -0.2) is 121 Å². The Bertz CT molecular complexity index is 1400. The van der Waals surface area contributed by atoms with E-state index in [2.05, 4.69) is 30.8 Å². The van der Waals surface area contributed by atoms with Gasteiger partial charge >= 0.3 is 7.82 Å².